The average Bonchev–Trinajstić information content (AvgIpc) is 2.92. The number of nitrogens with one attached hydrogen (secondary N) is 2. The Balaban J connectivity index is 1.81. The van der Waals surface area contributed by atoms with Gasteiger partial charge in [0.1, 0.15) is 17.3 Å². The number of aryl methyl sites for hydroxylation is 1. The van der Waals surface area contributed by atoms with E-state index in [4.69, 9.17) is 4.42 Å². The van der Waals surface area contributed by atoms with Crippen molar-refractivity contribution in [2.75, 3.05) is 5.32 Å². The lowest BCUT2D eigenvalue weighted by Crippen LogP contribution is -2.36. The molecule has 0 spiro atoms. The molecular weight excluding hydrogens is 299 g/mol. The Hall–Kier alpha value is -2.63. The number of amides is 2. The van der Waals surface area contributed by atoms with Gasteiger partial charge < -0.3 is 15.1 Å². The Labute approximate surface area is 132 Å². The highest BCUT2D eigenvalue weighted by molar-refractivity contribution is 6.01. The van der Waals surface area contributed by atoms with Gasteiger partial charge in [-0.25, -0.2) is 4.39 Å². The van der Waals surface area contributed by atoms with E-state index in [9.17, 15) is 14.0 Å². The van der Waals surface area contributed by atoms with Crippen LogP contribution in [-0.2, 0) is 9.59 Å². The first-order valence-corrected chi connectivity index (χ1v) is 7.40. The maximum atomic E-state index is 13.3. The van der Waals surface area contributed by atoms with Crippen molar-refractivity contribution in [1.82, 2.24) is 5.32 Å². The zero-order chi connectivity index (χ0) is 16.6. The first kappa shape index (κ1) is 15.3. The minimum absolute atomic E-state index is 0.0361. The van der Waals surface area contributed by atoms with Crippen LogP contribution in [0.4, 0.5) is 10.1 Å². The van der Waals surface area contributed by atoms with E-state index in [2.05, 4.69) is 10.6 Å². The third kappa shape index (κ3) is 3.11. The molecule has 2 atom stereocenters. The van der Waals surface area contributed by atoms with E-state index in [1.54, 1.807) is 6.07 Å². The van der Waals surface area contributed by atoms with Gasteiger partial charge in [-0.3, -0.25) is 9.59 Å². The van der Waals surface area contributed by atoms with Crippen LogP contribution in [0.5, 0.6) is 0 Å². The number of anilines is 1. The quantitative estimate of drug-likeness (QED) is 0.914. The van der Waals surface area contributed by atoms with Crippen LogP contribution in [-0.4, -0.2) is 11.8 Å². The van der Waals surface area contributed by atoms with Crippen molar-refractivity contribution in [3.63, 3.8) is 0 Å². The van der Waals surface area contributed by atoms with Gasteiger partial charge in [-0.05, 0) is 43.7 Å². The number of furan rings is 1. The number of halogens is 1. The third-order valence-corrected chi connectivity index (χ3v) is 3.92. The number of benzene rings is 1. The van der Waals surface area contributed by atoms with Crippen molar-refractivity contribution in [1.29, 1.82) is 0 Å². The lowest BCUT2D eigenvalue weighted by Gasteiger charge is -2.26. The van der Waals surface area contributed by atoms with Crippen LogP contribution in [0.3, 0.4) is 0 Å². The van der Waals surface area contributed by atoms with Crippen LogP contribution >= 0.6 is 0 Å². The summed E-state index contributed by atoms with van der Waals surface area (Å²) in [6.45, 7) is 3.64. The number of rotatable bonds is 3. The summed E-state index contributed by atoms with van der Waals surface area (Å²) in [6.07, 6.45) is 0.0361. The van der Waals surface area contributed by atoms with Gasteiger partial charge in [0.2, 0.25) is 11.8 Å². The summed E-state index contributed by atoms with van der Waals surface area (Å²) < 4.78 is 18.8. The topological polar surface area (TPSA) is 71.3 Å². The molecule has 1 aliphatic heterocycles. The minimum atomic E-state index is -0.641. The highest BCUT2D eigenvalue weighted by Gasteiger charge is 2.31. The number of fused-ring (bicyclic) bond motifs is 1. The Morgan fingerprint density at radius 1 is 1.39 bits per heavy atom. The summed E-state index contributed by atoms with van der Waals surface area (Å²) in [5.41, 5.74) is 0.967. The summed E-state index contributed by atoms with van der Waals surface area (Å²) in [4.78, 5) is 24.3. The van der Waals surface area contributed by atoms with Crippen molar-refractivity contribution in [2.24, 2.45) is 0 Å². The molecule has 0 saturated carbocycles. The van der Waals surface area contributed by atoms with Gasteiger partial charge in [0, 0.05) is 12.1 Å². The third-order valence-electron chi connectivity index (χ3n) is 3.92. The van der Waals surface area contributed by atoms with Crippen LogP contribution in [0.1, 0.15) is 42.4 Å². The number of carbonyl (C=O) groups is 2. The normalized spacial score (nSPS) is 18.0. The second kappa shape index (κ2) is 5.87. The zero-order valence-corrected chi connectivity index (χ0v) is 12.9. The van der Waals surface area contributed by atoms with Crippen molar-refractivity contribution in [3.8, 4) is 0 Å². The average molecular weight is 316 g/mol. The van der Waals surface area contributed by atoms with Crippen molar-refractivity contribution in [3.05, 3.63) is 53.2 Å². The Kier molecular flexibility index (Phi) is 3.90. The highest BCUT2D eigenvalue weighted by atomic mass is 19.1. The molecule has 1 aromatic carbocycles. The van der Waals surface area contributed by atoms with Gasteiger partial charge in [-0.1, -0.05) is 6.07 Å². The largest absolute Gasteiger partial charge is 0.464 e. The van der Waals surface area contributed by atoms with Crippen molar-refractivity contribution in [2.45, 2.75) is 32.2 Å². The summed E-state index contributed by atoms with van der Waals surface area (Å²) >= 11 is 0. The second-order valence-electron chi connectivity index (χ2n) is 5.72. The minimum Gasteiger partial charge on any atom is -0.464 e. The molecule has 23 heavy (non-hydrogen) atoms. The van der Waals surface area contributed by atoms with E-state index < -0.39 is 11.7 Å². The van der Waals surface area contributed by atoms with Crippen molar-refractivity contribution >= 4 is 17.5 Å². The fraction of sp³-hybridized carbons (Fsp3) is 0.294. The standard InChI is InChI=1S/C17H17FN2O3/c1-9-3-6-15(23-9)10(2)19-17(22)13-8-16(21)20-14-7-11(18)4-5-12(13)14/h3-7,10,13H,8H2,1-2H3,(H,19,22)(H,20,21)/t10-,13+/m1/s1. The molecule has 0 fully saturated rings. The predicted molar refractivity (Wildman–Crippen MR) is 82.4 cm³/mol. The maximum absolute atomic E-state index is 13.3. The van der Waals surface area contributed by atoms with E-state index in [0.29, 0.717) is 17.0 Å². The van der Waals surface area contributed by atoms with Crippen LogP contribution in [0.25, 0.3) is 0 Å². The molecule has 2 aromatic rings. The lowest BCUT2D eigenvalue weighted by atomic mass is 9.89. The van der Waals surface area contributed by atoms with Gasteiger partial charge in [0.05, 0.1) is 12.0 Å². The first-order valence-electron chi connectivity index (χ1n) is 7.40. The molecule has 2 N–H and O–H groups in total. The molecule has 1 aromatic heterocycles. The fourth-order valence-corrected chi connectivity index (χ4v) is 2.74. The lowest BCUT2D eigenvalue weighted by molar-refractivity contribution is -0.126. The molecule has 0 saturated heterocycles. The SMILES string of the molecule is Cc1ccc([C@@H](C)NC(=O)[C@H]2CC(=O)Nc3cc(F)ccc32)o1. The van der Waals surface area contributed by atoms with E-state index in [0.717, 1.165) is 5.76 Å². The molecule has 0 radical (unpaired) electrons. The number of hydrogen-bond acceptors (Lipinski definition) is 3. The monoisotopic (exact) mass is 316 g/mol. The zero-order valence-electron chi connectivity index (χ0n) is 12.9. The van der Waals surface area contributed by atoms with Gasteiger partial charge in [0.15, 0.2) is 0 Å². The van der Waals surface area contributed by atoms with Gasteiger partial charge >= 0.3 is 0 Å². The molecule has 1 aliphatic rings. The molecule has 2 amide bonds. The van der Waals surface area contributed by atoms with Gasteiger partial charge in [0.25, 0.3) is 0 Å². The molecule has 6 heteroatoms. The Morgan fingerprint density at radius 2 is 2.17 bits per heavy atom. The van der Waals surface area contributed by atoms with E-state index >= 15 is 0 Å². The molecule has 120 valence electrons. The number of hydrogen-bond donors (Lipinski definition) is 2. The molecule has 0 unspecified atom stereocenters. The molecule has 3 rings (SSSR count). The van der Waals surface area contributed by atoms with Crippen LogP contribution in [0.2, 0.25) is 0 Å². The van der Waals surface area contributed by atoms with Crippen LogP contribution < -0.4 is 10.6 Å². The Morgan fingerprint density at radius 3 is 2.87 bits per heavy atom. The molecule has 5 nitrogen and oxygen atoms in total. The number of carbonyl (C=O) groups excluding carboxylic acids is 2. The maximum Gasteiger partial charge on any atom is 0.228 e. The summed E-state index contributed by atoms with van der Waals surface area (Å²) in [5, 5.41) is 5.45. The first-order chi connectivity index (χ1) is 10.9. The van der Waals surface area contributed by atoms with Crippen molar-refractivity contribution < 1.29 is 18.4 Å². The van der Waals surface area contributed by atoms with E-state index in [-0.39, 0.29) is 24.3 Å². The van der Waals surface area contributed by atoms with Crippen LogP contribution in [0, 0.1) is 12.7 Å². The van der Waals surface area contributed by atoms with E-state index in [1.807, 2.05) is 19.9 Å². The van der Waals surface area contributed by atoms with Gasteiger partial charge in [-0.15, -0.1) is 0 Å². The predicted octanol–water partition coefficient (Wildman–Crippen LogP) is 3.03. The van der Waals surface area contributed by atoms with Gasteiger partial charge in [-0.2, -0.15) is 0 Å². The Bertz CT molecular complexity index is 769. The molecular formula is C17H17FN2O3. The van der Waals surface area contributed by atoms with E-state index in [1.165, 1.54) is 18.2 Å². The molecule has 2 heterocycles. The van der Waals surface area contributed by atoms with Crippen LogP contribution in [0.15, 0.2) is 34.7 Å². The molecule has 0 bridgehead atoms. The summed E-state index contributed by atoms with van der Waals surface area (Å²) in [5.74, 6) is -0.268. The summed E-state index contributed by atoms with van der Waals surface area (Å²) in [6, 6.07) is 7.37. The smallest absolute Gasteiger partial charge is 0.228 e. The molecule has 0 aliphatic carbocycles. The second-order valence-corrected chi connectivity index (χ2v) is 5.72. The fourth-order valence-electron chi connectivity index (χ4n) is 2.74. The highest BCUT2D eigenvalue weighted by Crippen LogP contribution is 2.33. The summed E-state index contributed by atoms with van der Waals surface area (Å²) in [7, 11) is 0.